The first-order valence-electron chi connectivity index (χ1n) is 11.1. The SMILES string of the molecule is O=P1(Nc2ccc(OCc3ccccc3)cc2)C=C(c2ccccc2)SC(c2ccccc2)=C1. The predicted molar refractivity (Wildman–Crippen MR) is 145 cm³/mol. The molecule has 1 heterocycles. The normalized spacial score (nSPS) is 14.6. The summed E-state index contributed by atoms with van der Waals surface area (Å²) in [5.74, 6) is 4.52. The molecule has 4 aromatic carbocycles. The number of hydrogen-bond donors (Lipinski definition) is 1. The molecule has 0 aliphatic carbocycles. The Kier molecular flexibility index (Phi) is 6.71. The average Bonchev–Trinajstić information content (AvgIpc) is 2.89. The predicted octanol–water partition coefficient (Wildman–Crippen LogP) is 8.70. The second-order valence-electron chi connectivity index (χ2n) is 7.94. The minimum Gasteiger partial charge on any atom is -0.489 e. The molecule has 4 aromatic rings. The van der Waals surface area contributed by atoms with Gasteiger partial charge in [-0.1, -0.05) is 103 Å². The number of benzene rings is 4. The molecule has 0 radical (unpaired) electrons. The van der Waals surface area contributed by atoms with E-state index < -0.39 is 7.29 Å². The molecule has 1 N–H and O–H groups in total. The molecule has 0 atom stereocenters. The summed E-state index contributed by atoms with van der Waals surface area (Å²) in [6, 6.07) is 37.9. The van der Waals surface area contributed by atoms with Gasteiger partial charge in [0.2, 0.25) is 7.29 Å². The third kappa shape index (κ3) is 5.53. The lowest BCUT2D eigenvalue weighted by Gasteiger charge is -2.23. The minimum absolute atomic E-state index is 0.510. The Balaban J connectivity index is 1.38. The van der Waals surface area contributed by atoms with Crippen molar-refractivity contribution >= 4 is 34.6 Å². The maximum atomic E-state index is 14.1. The van der Waals surface area contributed by atoms with Crippen LogP contribution in [0.5, 0.6) is 5.75 Å². The van der Waals surface area contributed by atoms with Gasteiger partial charge in [0.05, 0.1) is 0 Å². The van der Waals surface area contributed by atoms with Gasteiger partial charge in [0.25, 0.3) is 0 Å². The van der Waals surface area contributed by atoms with E-state index in [1.165, 1.54) is 0 Å². The molecule has 0 amide bonds. The molecule has 0 fully saturated rings. The van der Waals surface area contributed by atoms with E-state index in [4.69, 9.17) is 4.74 Å². The molecule has 0 spiro atoms. The van der Waals surface area contributed by atoms with Crippen molar-refractivity contribution in [3.8, 4) is 5.75 Å². The fraction of sp³-hybridized carbons (Fsp3) is 0.0345. The molecular weight excluding hydrogens is 457 g/mol. The van der Waals surface area contributed by atoms with E-state index in [0.29, 0.717) is 6.61 Å². The fourth-order valence-corrected chi connectivity index (χ4v) is 7.52. The van der Waals surface area contributed by atoms with Crippen LogP contribution in [0.2, 0.25) is 0 Å². The van der Waals surface area contributed by atoms with Crippen LogP contribution in [0.1, 0.15) is 16.7 Å². The minimum atomic E-state index is -2.99. The van der Waals surface area contributed by atoms with Crippen LogP contribution in [0.4, 0.5) is 5.69 Å². The van der Waals surface area contributed by atoms with Crippen LogP contribution in [-0.2, 0) is 11.2 Å². The fourth-order valence-electron chi connectivity index (χ4n) is 3.66. The Morgan fingerprint density at radius 1 is 0.647 bits per heavy atom. The lowest BCUT2D eigenvalue weighted by molar-refractivity contribution is 0.306. The highest BCUT2D eigenvalue weighted by molar-refractivity contribution is 8.17. The van der Waals surface area contributed by atoms with E-state index in [2.05, 4.69) is 29.4 Å². The molecule has 1 aliphatic rings. The van der Waals surface area contributed by atoms with Crippen LogP contribution in [0, 0.1) is 0 Å². The zero-order chi connectivity index (χ0) is 23.2. The molecule has 5 rings (SSSR count). The van der Waals surface area contributed by atoms with Gasteiger partial charge in [-0.25, -0.2) is 0 Å². The second-order valence-corrected chi connectivity index (χ2v) is 11.2. The third-order valence-corrected chi connectivity index (χ3v) is 8.75. The molecule has 1 aliphatic heterocycles. The third-order valence-electron chi connectivity index (χ3n) is 5.36. The maximum Gasteiger partial charge on any atom is 0.215 e. The van der Waals surface area contributed by atoms with Crippen molar-refractivity contribution in [1.29, 1.82) is 0 Å². The maximum absolute atomic E-state index is 14.1. The smallest absolute Gasteiger partial charge is 0.215 e. The Morgan fingerprint density at radius 2 is 1.15 bits per heavy atom. The Morgan fingerprint density at radius 3 is 1.68 bits per heavy atom. The zero-order valence-corrected chi connectivity index (χ0v) is 20.2. The van der Waals surface area contributed by atoms with Gasteiger partial charge in [0, 0.05) is 27.1 Å². The molecule has 0 saturated heterocycles. The van der Waals surface area contributed by atoms with Crippen LogP contribution in [0.15, 0.2) is 127 Å². The summed E-state index contributed by atoms with van der Waals surface area (Å²) in [7, 11) is -2.99. The van der Waals surface area contributed by atoms with Crippen LogP contribution < -0.4 is 9.82 Å². The highest BCUT2D eigenvalue weighted by Crippen LogP contribution is 2.60. The topological polar surface area (TPSA) is 38.3 Å². The van der Waals surface area contributed by atoms with Gasteiger partial charge in [0.1, 0.15) is 12.4 Å². The summed E-state index contributed by atoms with van der Waals surface area (Å²) in [6.45, 7) is 0.510. The molecule has 0 unspecified atom stereocenters. The highest BCUT2D eigenvalue weighted by atomic mass is 32.2. The number of anilines is 1. The van der Waals surface area contributed by atoms with E-state index in [1.807, 2.05) is 103 Å². The van der Waals surface area contributed by atoms with Crippen molar-refractivity contribution in [3.05, 3.63) is 144 Å². The van der Waals surface area contributed by atoms with Crippen molar-refractivity contribution in [3.63, 3.8) is 0 Å². The quantitative estimate of drug-likeness (QED) is 0.268. The molecule has 34 heavy (non-hydrogen) atoms. The van der Waals surface area contributed by atoms with Crippen LogP contribution in [-0.4, -0.2) is 0 Å². The zero-order valence-electron chi connectivity index (χ0n) is 18.5. The van der Waals surface area contributed by atoms with Crippen molar-refractivity contribution in [2.45, 2.75) is 6.61 Å². The van der Waals surface area contributed by atoms with Gasteiger partial charge in [-0.15, -0.1) is 0 Å². The molecule has 0 aromatic heterocycles. The van der Waals surface area contributed by atoms with Gasteiger partial charge < -0.3 is 9.82 Å². The Bertz CT molecular complexity index is 1290. The van der Waals surface area contributed by atoms with E-state index in [9.17, 15) is 4.57 Å². The Hall–Kier alpha value is -3.46. The average molecular weight is 482 g/mol. The van der Waals surface area contributed by atoms with Gasteiger partial charge in [0.15, 0.2) is 0 Å². The molecule has 5 heteroatoms. The van der Waals surface area contributed by atoms with Crippen LogP contribution in [0.25, 0.3) is 9.81 Å². The first kappa shape index (κ1) is 22.3. The summed E-state index contributed by atoms with van der Waals surface area (Å²) >= 11 is 1.65. The van der Waals surface area contributed by atoms with E-state index in [0.717, 1.165) is 37.9 Å². The number of hydrogen-bond acceptors (Lipinski definition) is 3. The summed E-state index contributed by atoms with van der Waals surface area (Å²) in [4.78, 5) is 1.97. The van der Waals surface area contributed by atoms with Crippen molar-refractivity contribution in [2.24, 2.45) is 0 Å². The summed E-state index contributed by atoms with van der Waals surface area (Å²) in [5.41, 5.74) is 4.02. The lowest BCUT2D eigenvalue weighted by Crippen LogP contribution is -1.99. The van der Waals surface area contributed by atoms with Gasteiger partial charge in [-0.2, -0.15) is 0 Å². The van der Waals surface area contributed by atoms with E-state index >= 15 is 0 Å². The van der Waals surface area contributed by atoms with Crippen molar-refractivity contribution < 1.29 is 9.30 Å². The van der Waals surface area contributed by atoms with Crippen LogP contribution in [0.3, 0.4) is 0 Å². The van der Waals surface area contributed by atoms with E-state index in [-0.39, 0.29) is 0 Å². The van der Waals surface area contributed by atoms with Gasteiger partial charge in [-0.05, 0) is 41.0 Å². The monoisotopic (exact) mass is 481 g/mol. The van der Waals surface area contributed by atoms with E-state index in [1.54, 1.807) is 11.8 Å². The highest BCUT2D eigenvalue weighted by Gasteiger charge is 2.26. The number of ether oxygens (including phenoxy) is 1. The van der Waals surface area contributed by atoms with Gasteiger partial charge >= 0.3 is 0 Å². The summed E-state index contributed by atoms with van der Waals surface area (Å²) in [5, 5.41) is 3.29. The molecule has 0 saturated carbocycles. The largest absolute Gasteiger partial charge is 0.489 e. The first-order chi connectivity index (χ1) is 16.7. The van der Waals surface area contributed by atoms with Crippen molar-refractivity contribution in [1.82, 2.24) is 0 Å². The first-order valence-corrected chi connectivity index (χ1v) is 13.7. The summed E-state index contributed by atoms with van der Waals surface area (Å²) < 4.78 is 19.9. The molecular formula is C29H24NO2PS. The molecule has 3 nitrogen and oxygen atoms in total. The van der Waals surface area contributed by atoms with Crippen LogP contribution >= 0.6 is 19.1 Å². The van der Waals surface area contributed by atoms with Gasteiger partial charge in [-0.3, -0.25) is 4.57 Å². The lowest BCUT2D eigenvalue weighted by atomic mass is 10.2. The number of thioether (sulfide) groups is 1. The molecule has 0 bridgehead atoms. The standard InChI is InChI=1S/C29H24NO2PS/c31-33(30-26-16-18-27(19-17-26)32-20-23-10-4-1-5-11-23)21-28(24-12-6-2-7-13-24)34-29(22-33)25-14-8-3-9-15-25/h1-19,21-22H,20H2,(H,30,31). The number of rotatable bonds is 7. The second kappa shape index (κ2) is 10.2. The summed E-state index contributed by atoms with van der Waals surface area (Å²) in [6.07, 6.45) is 0. The van der Waals surface area contributed by atoms with Crippen molar-refractivity contribution in [2.75, 3.05) is 5.09 Å². The molecule has 168 valence electrons. The number of nitrogens with one attached hydrogen (secondary N) is 1. The Labute approximate surface area is 204 Å².